The van der Waals surface area contributed by atoms with Crippen LogP contribution in [-0.2, 0) is 0 Å². The second-order valence-corrected chi connectivity index (χ2v) is 7.17. The van der Waals surface area contributed by atoms with Crippen molar-refractivity contribution in [1.29, 1.82) is 5.26 Å². The van der Waals surface area contributed by atoms with Crippen LogP contribution in [-0.4, -0.2) is 33.2 Å². The molecule has 3 aromatic rings. The highest BCUT2D eigenvalue weighted by Gasteiger charge is 2.17. The number of hydrogen-bond acceptors (Lipinski definition) is 6. The number of benzene rings is 1. The number of aromatic hydroxyl groups is 1. The van der Waals surface area contributed by atoms with Crippen LogP contribution in [0.4, 0.5) is 10.1 Å². The van der Waals surface area contributed by atoms with Crippen molar-refractivity contribution in [2.24, 2.45) is 4.99 Å². The molecule has 32 heavy (non-hydrogen) atoms. The van der Waals surface area contributed by atoms with E-state index in [0.717, 1.165) is 18.9 Å². The Balaban J connectivity index is 1.97. The summed E-state index contributed by atoms with van der Waals surface area (Å²) in [4.78, 5) is 24.7. The maximum Gasteiger partial charge on any atom is 0.269 e. The van der Waals surface area contributed by atoms with E-state index in [2.05, 4.69) is 20.3 Å². The maximum atomic E-state index is 13.4. The number of nitriles is 1. The van der Waals surface area contributed by atoms with Crippen molar-refractivity contribution in [2.75, 3.05) is 6.54 Å². The van der Waals surface area contributed by atoms with E-state index in [-0.39, 0.29) is 45.0 Å². The van der Waals surface area contributed by atoms with Gasteiger partial charge in [-0.2, -0.15) is 5.26 Å². The summed E-state index contributed by atoms with van der Waals surface area (Å²) >= 11 is 5.78. The Bertz CT molecular complexity index is 1220. The summed E-state index contributed by atoms with van der Waals surface area (Å²) in [6, 6.07) is 10.2. The summed E-state index contributed by atoms with van der Waals surface area (Å²) < 4.78 is 13.4. The number of carbonyl (C=O) groups is 1. The lowest BCUT2D eigenvalue weighted by Gasteiger charge is -2.09. The number of nitrogens with zero attached hydrogens (tertiary/aromatic N) is 4. The minimum Gasteiger partial charge on any atom is -0.505 e. The van der Waals surface area contributed by atoms with Crippen molar-refractivity contribution in [1.82, 2.24) is 15.3 Å². The molecule has 3 rings (SSSR count). The summed E-state index contributed by atoms with van der Waals surface area (Å²) in [6.45, 7) is 2.56. The number of hydrogen-bond donors (Lipinski definition) is 2. The van der Waals surface area contributed by atoms with Gasteiger partial charge in [-0.15, -0.1) is 0 Å². The van der Waals surface area contributed by atoms with E-state index in [1.807, 2.05) is 13.0 Å². The zero-order valence-electron chi connectivity index (χ0n) is 17.1. The molecular weight excluding hydrogens is 433 g/mol. The van der Waals surface area contributed by atoms with Crippen LogP contribution in [0.25, 0.3) is 11.3 Å². The summed E-state index contributed by atoms with van der Waals surface area (Å²) in [5.41, 5.74) is 1.06. The van der Waals surface area contributed by atoms with Gasteiger partial charge >= 0.3 is 0 Å². The minimum absolute atomic E-state index is 0.111. The normalized spacial score (nSPS) is 11.1. The fourth-order valence-corrected chi connectivity index (χ4v) is 3.03. The van der Waals surface area contributed by atoms with Crippen LogP contribution in [0.5, 0.6) is 5.75 Å². The highest BCUT2D eigenvalue weighted by Crippen LogP contribution is 2.31. The fourth-order valence-electron chi connectivity index (χ4n) is 2.86. The number of amides is 1. The average Bonchev–Trinajstić information content (AvgIpc) is 2.80. The van der Waals surface area contributed by atoms with Gasteiger partial charge in [-0.25, -0.2) is 9.38 Å². The Morgan fingerprint density at radius 3 is 2.75 bits per heavy atom. The number of rotatable bonds is 7. The van der Waals surface area contributed by atoms with Crippen molar-refractivity contribution < 1.29 is 14.3 Å². The minimum atomic E-state index is -0.606. The van der Waals surface area contributed by atoms with Gasteiger partial charge in [0.05, 0.1) is 16.3 Å². The predicted molar refractivity (Wildman–Crippen MR) is 120 cm³/mol. The molecule has 1 aromatic carbocycles. The van der Waals surface area contributed by atoms with E-state index >= 15 is 0 Å². The lowest BCUT2D eigenvalue weighted by atomic mass is 10.0. The molecule has 0 aliphatic carbocycles. The van der Waals surface area contributed by atoms with Gasteiger partial charge in [-0.3, -0.25) is 14.8 Å². The third-order valence-corrected chi connectivity index (χ3v) is 4.80. The van der Waals surface area contributed by atoms with Crippen molar-refractivity contribution in [3.8, 4) is 23.1 Å². The number of aliphatic imine (C=N–C) groups is 1. The van der Waals surface area contributed by atoms with Crippen LogP contribution in [0, 0.1) is 17.1 Å². The number of aromatic nitrogens is 2. The van der Waals surface area contributed by atoms with Gasteiger partial charge in [0.2, 0.25) is 0 Å². The zero-order chi connectivity index (χ0) is 23.1. The van der Waals surface area contributed by atoms with Crippen LogP contribution in [0.15, 0.2) is 53.8 Å². The second-order valence-electron chi connectivity index (χ2n) is 6.77. The quantitative estimate of drug-likeness (QED) is 0.395. The number of halogens is 2. The molecule has 0 unspecified atom stereocenters. The average molecular weight is 452 g/mol. The molecule has 0 aliphatic heterocycles. The topological polar surface area (TPSA) is 111 Å². The molecule has 9 heteroatoms. The number of nitrogens with one attached hydrogen (secondary N) is 1. The summed E-state index contributed by atoms with van der Waals surface area (Å²) in [5.74, 6) is -1.22. The van der Waals surface area contributed by atoms with Crippen LogP contribution in [0.2, 0.25) is 5.02 Å². The fraction of sp³-hybridized carbons (Fsp3) is 0.174. The van der Waals surface area contributed by atoms with Crippen LogP contribution in [0.1, 0.15) is 35.8 Å². The first-order valence-electron chi connectivity index (χ1n) is 9.81. The molecule has 7 nitrogen and oxygen atoms in total. The van der Waals surface area contributed by atoms with E-state index in [1.54, 1.807) is 6.07 Å². The highest BCUT2D eigenvalue weighted by atomic mass is 35.5. The van der Waals surface area contributed by atoms with Gasteiger partial charge in [-0.1, -0.05) is 24.9 Å². The van der Waals surface area contributed by atoms with Gasteiger partial charge in [0.1, 0.15) is 23.3 Å². The second kappa shape index (κ2) is 10.5. The van der Waals surface area contributed by atoms with Crippen molar-refractivity contribution in [2.45, 2.75) is 19.8 Å². The molecule has 0 aliphatic rings. The van der Waals surface area contributed by atoms with Crippen LogP contribution < -0.4 is 5.32 Å². The van der Waals surface area contributed by atoms with Gasteiger partial charge in [0.25, 0.3) is 5.91 Å². The van der Waals surface area contributed by atoms with E-state index in [4.69, 9.17) is 11.6 Å². The molecule has 2 heterocycles. The van der Waals surface area contributed by atoms with Gasteiger partial charge < -0.3 is 10.4 Å². The van der Waals surface area contributed by atoms with Crippen molar-refractivity contribution in [3.05, 3.63) is 70.9 Å². The van der Waals surface area contributed by atoms with Gasteiger partial charge in [0, 0.05) is 24.5 Å². The van der Waals surface area contributed by atoms with Crippen molar-refractivity contribution >= 4 is 28.9 Å². The molecule has 0 atom stereocenters. The maximum absolute atomic E-state index is 13.4. The first-order chi connectivity index (χ1) is 15.4. The standard InChI is InChI=1S/C23H19ClFN5O2/c1-2-3-8-29-23(32)19-11-14(6-9-27-19)21-22(31)16(7-10-28-21)20(13-26)30-15-4-5-18(25)17(24)12-15/h4-7,9-12,31H,2-3,8H2,1H3,(H,29,32)/b30-20+. The Morgan fingerprint density at radius 2 is 2.03 bits per heavy atom. The molecule has 2 aromatic heterocycles. The van der Waals surface area contributed by atoms with E-state index in [0.29, 0.717) is 12.1 Å². The third kappa shape index (κ3) is 5.25. The zero-order valence-corrected chi connectivity index (χ0v) is 17.9. The Hall–Kier alpha value is -3.83. The van der Waals surface area contributed by atoms with Gasteiger partial charge in [0.15, 0.2) is 11.5 Å². The summed E-state index contributed by atoms with van der Waals surface area (Å²) in [5, 5.41) is 23.1. The Labute approximate surface area is 189 Å². The third-order valence-electron chi connectivity index (χ3n) is 4.51. The lowest BCUT2D eigenvalue weighted by molar-refractivity contribution is 0.0948. The van der Waals surface area contributed by atoms with E-state index < -0.39 is 5.82 Å². The Morgan fingerprint density at radius 1 is 1.25 bits per heavy atom. The Kier molecular flexibility index (Phi) is 7.47. The molecule has 2 N–H and O–H groups in total. The SMILES string of the molecule is CCCCNC(=O)c1cc(-c2nccc(/C(C#N)=N/c3ccc(F)c(Cl)c3)c2O)ccn1. The monoisotopic (exact) mass is 451 g/mol. The molecule has 0 radical (unpaired) electrons. The molecule has 0 saturated carbocycles. The van der Waals surface area contributed by atoms with Crippen LogP contribution >= 0.6 is 11.6 Å². The molecule has 0 bridgehead atoms. The summed E-state index contributed by atoms with van der Waals surface area (Å²) in [6.07, 6.45) is 4.66. The van der Waals surface area contributed by atoms with Gasteiger partial charge in [-0.05, 0) is 42.8 Å². The van der Waals surface area contributed by atoms with Crippen LogP contribution in [0.3, 0.4) is 0 Å². The van der Waals surface area contributed by atoms with E-state index in [9.17, 15) is 19.6 Å². The predicted octanol–water partition coefficient (Wildman–Crippen LogP) is 4.82. The first-order valence-corrected chi connectivity index (χ1v) is 10.2. The molecule has 0 spiro atoms. The number of pyridine rings is 2. The molecular formula is C23H19ClFN5O2. The summed E-state index contributed by atoms with van der Waals surface area (Å²) in [7, 11) is 0. The lowest BCUT2D eigenvalue weighted by Crippen LogP contribution is -2.25. The first kappa shape index (κ1) is 22.8. The molecule has 1 amide bonds. The van der Waals surface area contributed by atoms with Crippen molar-refractivity contribution in [3.63, 3.8) is 0 Å². The molecule has 0 fully saturated rings. The number of unbranched alkanes of at least 4 members (excludes halogenated alkanes) is 1. The molecule has 162 valence electrons. The smallest absolute Gasteiger partial charge is 0.269 e. The highest BCUT2D eigenvalue weighted by molar-refractivity contribution is 6.31. The van der Waals surface area contributed by atoms with E-state index in [1.165, 1.54) is 36.7 Å². The largest absolute Gasteiger partial charge is 0.505 e. The molecule has 0 saturated heterocycles. The number of carbonyl (C=O) groups excluding carboxylic acids is 1.